The Balaban J connectivity index is 2.88. The summed E-state index contributed by atoms with van der Waals surface area (Å²) in [6, 6.07) is 6.12. The Morgan fingerprint density at radius 1 is 0.970 bits per heavy atom. The van der Waals surface area contributed by atoms with Crippen LogP contribution in [0.1, 0.15) is 34.1 Å². The van der Waals surface area contributed by atoms with E-state index in [0.29, 0.717) is 0 Å². The van der Waals surface area contributed by atoms with Gasteiger partial charge in [0.2, 0.25) is 11.8 Å². The molecule has 1 atom stereocenters. The molecule has 10 nitrogen and oxygen atoms in total. The number of hydrogen-bond donors (Lipinski definition) is 4. The number of amides is 3. The summed E-state index contributed by atoms with van der Waals surface area (Å²) in [7, 11) is 0. The second-order valence-corrected chi connectivity index (χ2v) is 9.82. The van der Waals surface area contributed by atoms with Crippen LogP contribution in [-0.2, 0) is 14.4 Å². The van der Waals surface area contributed by atoms with Crippen molar-refractivity contribution in [2.45, 2.75) is 19.4 Å². The quantitative estimate of drug-likeness (QED) is 0.298. The van der Waals surface area contributed by atoms with E-state index in [2.05, 4.69) is 5.32 Å². The summed E-state index contributed by atoms with van der Waals surface area (Å²) in [5, 5.41) is 22.1. The average molecular weight is 791 g/mol. The molecule has 5 N–H and O–H groups in total. The normalized spacial score (nSPS) is 11.4. The fourth-order valence-corrected chi connectivity index (χ4v) is 7.31. The number of carbonyl (C=O) groups is 5. The van der Waals surface area contributed by atoms with Gasteiger partial charge in [0.05, 0.1) is 30.4 Å². The summed E-state index contributed by atoms with van der Waals surface area (Å²) < 4.78 is 0.478. The second-order valence-electron chi connectivity index (χ2n) is 6.59. The molecule has 0 spiro atoms. The van der Waals surface area contributed by atoms with Crippen LogP contribution in [0.4, 0.5) is 11.4 Å². The van der Waals surface area contributed by atoms with Gasteiger partial charge in [-0.15, -0.1) is 0 Å². The number of carbonyl (C=O) groups excluding carboxylic acids is 3. The van der Waals surface area contributed by atoms with Crippen LogP contribution in [0.5, 0.6) is 0 Å². The number of carboxylic acids is 2. The number of rotatable bonds is 8. The molecule has 13 heteroatoms. The molecule has 2 aromatic rings. The van der Waals surface area contributed by atoms with Crippen LogP contribution < -0.4 is 16.0 Å². The van der Waals surface area contributed by atoms with Crippen LogP contribution in [-0.4, -0.2) is 45.9 Å². The molecule has 2 rings (SSSR count). The highest BCUT2D eigenvalue weighted by atomic mass is 127. The van der Waals surface area contributed by atoms with Gasteiger partial charge in [-0.1, -0.05) is 18.2 Å². The van der Waals surface area contributed by atoms with Crippen molar-refractivity contribution < 1.29 is 34.2 Å². The van der Waals surface area contributed by atoms with E-state index in [0.717, 1.165) is 4.90 Å². The zero-order valence-electron chi connectivity index (χ0n) is 16.8. The summed E-state index contributed by atoms with van der Waals surface area (Å²) in [6.07, 6.45) is -0.669. The van der Waals surface area contributed by atoms with E-state index in [9.17, 15) is 34.2 Å². The highest BCUT2D eigenvalue weighted by Gasteiger charge is 2.37. The number of aromatic carboxylic acids is 1. The molecule has 0 radical (unpaired) electrons. The molecule has 0 saturated carbocycles. The molecule has 0 fully saturated rings. The van der Waals surface area contributed by atoms with Crippen LogP contribution >= 0.6 is 67.8 Å². The fraction of sp³-hybridized carbons (Fsp3) is 0.150. The van der Waals surface area contributed by atoms with Gasteiger partial charge in [0, 0.05) is 16.2 Å². The highest BCUT2D eigenvalue weighted by Crippen LogP contribution is 2.37. The minimum absolute atomic E-state index is 0.0529. The smallest absolute Gasteiger partial charge is 0.337 e. The number of nitrogens with one attached hydrogen (secondary N) is 1. The number of anilines is 2. The molecule has 2 aromatic carbocycles. The Bertz CT molecular complexity index is 1160. The second kappa shape index (κ2) is 11.4. The molecule has 174 valence electrons. The molecule has 3 amide bonds. The number of carboxylic acid groups (broad SMARTS) is 2. The van der Waals surface area contributed by atoms with E-state index < -0.39 is 42.1 Å². The predicted octanol–water partition coefficient (Wildman–Crippen LogP) is 3.13. The van der Waals surface area contributed by atoms with E-state index in [1.165, 1.54) is 19.1 Å². The van der Waals surface area contributed by atoms with Gasteiger partial charge in [0.1, 0.15) is 6.04 Å². The topological polar surface area (TPSA) is 167 Å². The highest BCUT2D eigenvalue weighted by molar-refractivity contribution is 14.1. The maximum atomic E-state index is 13.8. The van der Waals surface area contributed by atoms with Gasteiger partial charge in [-0.25, -0.2) is 9.59 Å². The maximum absolute atomic E-state index is 13.8. The zero-order valence-corrected chi connectivity index (χ0v) is 23.2. The Kier molecular flexibility index (Phi) is 9.41. The molecular formula is C20H16I3N3O7. The van der Waals surface area contributed by atoms with Crippen LogP contribution in [0.15, 0.2) is 30.3 Å². The van der Waals surface area contributed by atoms with Crippen molar-refractivity contribution in [1.29, 1.82) is 0 Å². The van der Waals surface area contributed by atoms with Crippen molar-refractivity contribution in [3.05, 3.63) is 52.2 Å². The number of aliphatic carboxylic acids is 1. The SMILES string of the molecule is CC(=O)Nc1c(I)c(C(=O)O)c(I)c(C(=O)N(c2ccccc2)[C@@H](CC(N)=O)C(=O)O)c1I. The fourth-order valence-electron chi connectivity index (χ4n) is 2.95. The molecule has 0 unspecified atom stereocenters. The Hall–Kier alpha value is -2.02. The van der Waals surface area contributed by atoms with Gasteiger partial charge in [-0.05, 0) is 79.9 Å². The number of halogens is 3. The molecule has 33 heavy (non-hydrogen) atoms. The number of hydrogen-bond acceptors (Lipinski definition) is 5. The third-order valence-electron chi connectivity index (χ3n) is 4.29. The average Bonchev–Trinajstić information content (AvgIpc) is 2.70. The molecule has 0 aliphatic rings. The minimum atomic E-state index is -1.65. The zero-order chi connectivity index (χ0) is 25.0. The van der Waals surface area contributed by atoms with E-state index >= 15 is 0 Å². The first-order chi connectivity index (χ1) is 15.4. The number of para-hydroxylation sites is 1. The molecule has 0 heterocycles. The summed E-state index contributed by atoms with van der Waals surface area (Å²) in [4.78, 5) is 62.1. The van der Waals surface area contributed by atoms with E-state index in [4.69, 9.17) is 5.73 Å². The van der Waals surface area contributed by atoms with Crippen molar-refractivity contribution in [3.8, 4) is 0 Å². The lowest BCUT2D eigenvalue weighted by atomic mass is 10.0. The lowest BCUT2D eigenvalue weighted by molar-refractivity contribution is -0.140. The summed E-state index contributed by atoms with van der Waals surface area (Å²) in [5.74, 6) is -5.10. The third kappa shape index (κ3) is 6.11. The number of benzene rings is 2. The number of nitrogens with two attached hydrogens (primary N) is 1. The van der Waals surface area contributed by atoms with Gasteiger partial charge in [0.15, 0.2) is 0 Å². The van der Waals surface area contributed by atoms with Crippen molar-refractivity contribution in [3.63, 3.8) is 0 Å². The lowest BCUT2D eigenvalue weighted by Gasteiger charge is -2.30. The Morgan fingerprint density at radius 3 is 1.97 bits per heavy atom. The molecule has 0 saturated heterocycles. The van der Waals surface area contributed by atoms with Crippen LogP contribution in [0, 0.1) is 10.7 Å². The van der Waals surface area contributed by atoms with Crippen LogP contribution in [0.3, 0.4) is 0 Å². The Labute approximate surface area is 228 Å². The number of nitrogens with zero attached hydrogens (tertiary/aromatic N) is 1. The lowest BCUT2D eigenvalue weighted by Crippen LogP contribution is -2.48. The minimum Gasteiger partial charge on any atom is -0.480 e. The maximum Gasteiger partial charge on any atom is 0.337 e. The molecular weight excluding hydrogens is 775 g/mol. The summed E-state index contributed by atoms with van der Waals surface area (Å²) >= 11 is 5.26. The first kappa shape index (κ1) is 27.2. The Morgan fingerprint density at radius 2 is 1.52 bits per heavy atom. The third-order valence-corrected chi connectivity index (χ3v) is 7.53. The summed E-state index contributed by atoms with van der Waals surface area (Å²) in [5.41, 5.74) is 5.16. The molecule has 0 aromatic heterocycles. The summed E-state index contributed by atoms with van der Waals surface area (Å²) in [6.45, 7) is 1.23. The molecule has 0 aliphatic heterocycles. The first-order valence-electron chi connectivity index (χ1n) is 8.99. The molecule has 0 aliphatic carbocycles. The van der Waals surface area contributed by atoms with E-state index in [-0.39, 0.29) is 33.2 Å². The molecule has 0 bridgehead atoms. The van der Waals surface area contributed by atoms with Crippen molar-refractivity contribution in [1.82, 2.24) is 0 Å². The largest absolute Gasteiger partial charge is 0.480 e. The first-order valence-corrected chi connectivity index (χ1v) is 12.2. The van der Waals surface area contributed by atoms with Crippen molar-refractivity contribution in [2.24, 2.45) is 5.73 Å². The van der Waals surface area contributed by atoms with E-state index in [1.54, 1.807) is 86.0 Å². The van der Waals surface area contributed by atoms with Gasteiger partial charge in [-0.2, -0.15) is 0 Å². The van der Waals surface area contributed by atoms with Gasteiger partial charge in [-0.3, -0.25) is 19.3 Å². The van der Waals surface area contributed by atoms with Crippen molar-refractivity contribution >= 4 is 109 Å². The van der Waals surface area contributed by atoms with Gasteiger partial charge >= 0.3 is 11.9 Å². The monoisotopic (exact) mass is 791 g/mol. The number of primary amides is 1. The van der Waals surface area contributed by atoms with E-state index in [1.807, 2.05) is 0 Å². The van der Waals surface area contributed by atoms with Crippen LogP contribution in [0.25, 0.3) is 0 Å². The standard InChI is InChI=1S/C20H16I3N3O7/c1-8(27)25-17-15(22)12(14(21)13(16(17)23)20(32)33)18(29)26(9-5-3-2-4-6-9)10(19(30)31)7-11(24)28/h2-6,10H,7H2,1H3,(H2,24,28)(H,25,27)(H,30,31)(H,32,33)/t10-/m0/s1. The predicted molar refractivity (Wildman–Crippen MR) is 144 cm³/mol. The van der Waals surface area contributed by atoms with Gasteiger partial charge in [0.25, 0.3) is 5.91 Å². The van der Waals surface area contributed by atoms with Gasteiger partial charge < -0.3 is 21.3 Å². The van der Waals surface area contributed by atoms with Crippen LogP contribution in [0.2, 0.25) is 0 Å². The van der Waals surface area contributed by atoms with Crippen molar-refractivity contribution in [2.75, 3.05) is 10.2 Å².